The van der Waals surface area contributed by atoms with Gasteiger partial charge in [0.15, 0.2) is 0 Å². The van der Waals surface area contributed by atoms with Crippen molar-refractivity contribution in [1.82, 2.24) is 5.32 Å². The second-order valence-electron chi connectivity index (χ2n) is 4.22. The Morgan fingerprint density at radius 2 is 2.12 bits per heavy atom. The lowest BCUT2D eigenvalue weighted by Gasteiger charge is -2.18. The zero-order chi connectivity index (χ0) is 12.7. The van der Waals surface area contributed by atoms with Crippen LogP contribution in [-0.4, -0.2) is 14.2 Å². The highest BCUT2D eigenvalue weighted by Crippen LogP contribution is 2.30. The first-order chi connectivity index (χ1) is 8.22. The summed E-state index contributed by atoms with van der Waals surface area (Å²) in [5.74, 6) is 0.916. The number of hydrogen-bond acceptors (Lipinski definition) is 2. The predicted molar refractivity (Wildman–Crippen MR) is 76.6 cm³/mol. The van der Waals surface area contributed by atoms with Crippen molar-refractivity contribution in [2.45, 2.75) is 38.6 Å². The number of nitrogens with one attached hydrogen (secondary N) is 1. The zero-order valence-corrected chi connectivity index (χ0v) is 12.5. The van der Waals surface area contributed by atoms with Gasteiger partial charge in [-0.2, -0.15) is 0 Å². The van der Waals surface area contributed by atoms with Crippen molar-refractivity contribution >= 4 is 15.9 Å². The van der Waals surface area contributed by atoms with Gasteiger partial charge in [-0.05, 0) is 37.2 Å². The van der Waals surface area contributed by atoms with E-state index in [1.807, 2.05) is 13.1 Å². The van der Waals surface area contributed by atoms with Gasteiger partial charge < -0.3 is 10.1 Å². The van der Waals surface area contributed by atoms with E-state index < -0.39 is 0 Å². The maximum absolute atomic E-state index is 5.28. The fourth-order valence-corrected chi connectivity index (χ4v) is 2.49. The number of unbranched alkanes of at least 4 members (excludes halogenated alkanes) is 2. The molecule has 3 heteroatoms. The van der Waals surface area contributed by atoms with Gasteiger partial charge in [-0.25, -0.2) is 0 Å². The summed E-state index contributed by atoms with van der Waals surface area (Å²) in [5.41, 5.74) is 1.28. The highest BCUT2D eigenvalue weighted by Gasteiger charge is 2.13. The summed E-state index contributed by atoms with van der Waals surface area (Å²) in [7, 11) is 3.72. The van der Waals surface area contributed by atoms with Gasteiger partial charge in [-0.15, -0.1) is 0 Å². The third kappa shape index (κ3) is 4.32. The summed E-state index contributed by atoms with van der Waals surface area (Å²) in [4.78, 5) is 0. The molecule has 0 spiro atoms. The molecule has 2 nitrogen and oxygen atoms in total. The number of rotatable bonds is 7. The molecule has 0 aliphatic rings. The lowest BCUT2D eigenvalue weighted by Crippen LogP contribution is -2.16. The molecule has 1 unspecified atom stereocenters. The molecule has 0 saturated heterocycles. The van der Waals surface area contributed by atoms with Crippen LogP contribution in [0.3, 0.4) is 0 Å². The van der Waals surface area contributed by atoms with Crippen LogP contribution in [-0.2, 0) is 0 Å². The number of halogens is 1. The summed E-state index contributed by atoms with van der Waals surface area (Å²) in [6, 6.07) is 6.54. The summed E-state index contributed by atoms with van der Waals surface area (Å²) >= 11 is 3.61. The Morgan fingerprint density at radius 1 is 1.35 bits per heavy atom. The molecule has 0 fully saturated rings. The Labute approximate surface area is 113 Å². The van der Waals surface area contributed by atoms with Gasteiger partial charge in [0.2, 0.25) is 0 Å². The predicted octanol–water partition coefficient (Wildman–Crippen LogP) is 4.30. The standard InChI is InChI=1S/C14H22BrNO/c1-4-5-6-7-14(16-2)12-10-11(17-3)8-9-13(12)15/h8-10,14,16H,4-7H2,1-3H3. The monoisotopic (exact) mass is 299 g/mol. The molecular formula is C14H22BrNO. The average molecular weight is 300 g/mol. The first kappa shape index (κ1) is 14.5. The van der Waals surface area contributed by atoms with Crippen molar-refractivity contribution < 1.29 is 4.74 Å². The summed E-state index contributed by atoms with van der Waals surface area (Å²) in [6.07, 6.45) is 4.97. The van der Waals surface area contributed by atoms with Crippen LogP contribution in [0.15, 0.2) is 22.7 Å². The van der Waals surface area contributed by atoms with Crippen LogP contribution < -0.4 is 10.1 Å². The van der Waals surface area contributed by atoms with E-state index >= 15 is 0 Å². The van der Waals surface area contributed by atoms with Crippen molar-refractivity contribution in [3.63, 3.8) is 0 Å². The Kier molecular flexibility index (Phi) is 6.60. The second-order valence-corrected chi connectivity index (χ2v) is 5.08. The highest BCUT2D eigenvalue weighted by atomic mass is 79.9. The molecular weight excluding hydrogens is 278 g/mol. The molecule has 0 aliphatic heterocycles. The van der Waals surface area contributed by atoms with E-state index in [1.54, 1.807) is 7.11 Å². The van der Waals surface area contributed by atoms with Crippen molar-refractivity contribution in [2.75, 3.05) is 14.2 Å². The van der Waals surface area contributed by atoms with Crippen molar-refractivity contribution in [3.8, 4) is 5.75 Å². The third-order valence-corrected chi connectivity index (χ3v) is 3.75. The van der Waals surface area contributed by atoms with Crippen LogP contribution in [0.1, 0.15) is 44.2 Å². The molecule has 1 N–H and O–H groups in total. The van der Waals surface area contributed by atoms with Gasteiger partial charge in [0.25, 0.3) is 0 Å². The van der Waals surface area contributed by atoms with E-state index in [9.17, 15) is 0 Å². The molecule has 96 valence electrons. The lowest BCUT2D eigenvalue weighted by molar-refractivity contribution is 0.412. The van der Waals surface area contributed by atoms with Crippen molar-refractivity contribution in [2.24, 2.45) is 0 Å². The van der Waals surface area contributed by atoms with E-state index in [-0.39, 0.29) is 0 Å². The van der Waals surface area contributed by atoms with Crippen LogP contribution in [0, 0.1) is 0 Å². The van der Waals surface area contributed by atoms with E-state index in [0.29, 0.717) is 6.04 Å². The smallest absolute Gasteiger partial charge is 0.119 e. The quantitative estimate of drug-likeness (QED) is 0.758. The molecule has 1 rings (SSSR count). The number of methoxy groups -OCH3 is 1. The molecule has 0 radical (unpaired) electrons. The summed E-state index contributed by atoms with van der Waals surface area (Å²) < 4.78 is 6.43. The maximum Gasteiger partial charge on any atom is 0.119 e. The molecule has 1 aromatic carbocycles. The number of benzene rings is 1. The SMILES string of the molecule is CCCCCC(NC)c1cc(OC)ccc1Br. The molecule has 0 aromatic heterocycles. The van der Waals surface area contributed by atoms with Crippen LogP contribution in [0.25, 0.3) is 0 Å². The van der Waals surface area contributed by atoms with Gasteiger partial charge >= 0.3 is 0 Å². The lowest BCUT2D eigenvalue weighted by atomic mass is 10.0. The molecule has 0 saturated carbocycles. The molecule has 0 heterocycles. The molecule has 0 amide bonds. The van der Waals surface area contributed by atoms with Gasteiger partial charge in [-0.1, -0.05) is 42.1 Å². The first-order valence-electron chi connectivity index (χ1n) is 6.23. The minimum atomic E-state index is 0.394. The van der Waals surface area contributed by atoms with E-state index in [2.05, 4.69) is 40.3 Å². The number of ether oxygens (including phenoxy) is 1. The Hall–Kier alpha value is -0.540. The molecule has 0 bridgehead atoms. The molecule has 0 aliphatic carbocycles. The van der Waals surface area contributed by atoms with Gasteiger partial charge in [0.05, 0.1) is 7.11 Å². The minimum Gasteiger partial charge on any atom is -0.497 e. The largest absolute Gasteiger partial charge is 0.497 e. The molecule has 17 heavy (non-hydrogen) atoms. The van der Waals surface area contributed by atoms with Crippen LogP contribution in [0.5, 0.6) is 5.75 Å². The topological polar surface area (TPSA) is 21.3 Å². The van der Waals surface area contributed by atoms with Crippen molar-refractivity contribution in [3.05, 3.63) is 28.2 Å². The second kappa shape index (κ2) is 7.72. The Morgan fingerprint density at radius 3 is 2.71 bits per heavy atom. The fraction of sp³-hybridized carbons (Fsp3) is 0.571. The van der Waals surface area contributed by atoms with Crippen LogP contribution >= 0.6 is 15.9 Å². The third-order valence-electron chi connectivity index (χ3n) is 3.02. The number of hydrogen-bond donors (Lipinski definition) is 1. The van der Waals surface area contributed by atoms with E-state index in [4.69, 9.17) is 4.74 Å². The van der Waals surface area contributed by atoms with Crippen LogP contribution in [0.4, 0.5) is 0 Å². The molecule has 1 aromatic rings. The summed E-state index contributed by atoms with van der Waals surface area (Å²) in [5, 5.41) is 3.38. The van der Waals surface area contributed by atoms with Gasteiger partial charge in [0, 0.05) is 10.5 Å². The normalized spacial score (nSPS) is 12.5. The fourth-order valence-electron chi connectivity index (χ4n) is 1.97. The van der Waals surface area contributed by atoms with E-state index in [1.165, 1.54) is 24.8 Å². The zero-order valence-electron chi connectivity index (χ0n) is 10.9. The Balaban J connectivity index is 2.78. The van der Waals surface area contributed by atoms with E-state index in [0.717, 1.165) is 16.6 Å². The Bertz CT molecular complexity index is 341. The minimum absolute atomic E-state index is 0.394. The summed E-state index contributed by atoms with van der Waals surface area (Å²) in [6.45, 7) is 2.23. The van der Waals surface area contributed by atoms with Crippen molar-refractivity contribution in [1.29, 1.82) is 0 Å². The van der Waals surface area contributed by atoms with Gasteiger partial charge in [0.1, 0.15) is 5.75 Å². The maximum atomic E-state index is 5.28. The van der Waals surface area contributed by atoms with Gasteiger partial charge in [-0.3, -0.25) is 0 Å². The average Bonchev–Trinajstić information content (AvgIpc) is 2.36. The van der Waals surface area contributed by atoms with Crippen LogP contribution in [0.2, 0.25) is 0 Å². The first-order valence-corrected chi connectivity index (χ1v) is 7.03. The highest BCUT2D eigenvalue weighted by molar-refractivity contribution is 9.10. The molecule has 1 atom stereocenters.